The largest absolute Gasteiger partial charge is 0.343 e. The van der Waals surface area contributed by atoms with Crippen LogP contribution in [-0.4, -0.2) is 15.5 Å². The lowest BCUT2D eigenvalue weighted by atomic mass is 10.1. The molecule has 4 nitrogen and oxygen atoms in total. The number of nitrogens with zero attached hydrogens (tertiary/aromatic N) is 2. The van der Waals surface area contributed by atoms with Crippen LogP contribution >= 0.6 is 0 Å². The van der Waals surface area contributed by atoms with Gasteiger partial charge in [-0.1, -0.05) is 36.4 Å². The first kappa shape index (κ1) is 17.0. The Morgan fingerprint density at radius 3 is 2.56 bits per heavy atom. The van der Waals surface area contributed by atoms with E-state index in [1.165, 1.54) is 12.1 Å². The number of halogens is 1. The van der Waals surface area contributed by atoms with Crippen molar-refractivity contribution in [2.24, 2.45) is 0 Å². The van der Waals surface area contributed by atoms with E-state index < -0.39 is 0 Å². The maximum atomic E-state index is 13.1. The second-order valence-corrected chi connectivity index (χ2v) is 6.37. The summed E-state index contributed by atoms with van der Waals surface area (Å²) in [6, 6.07) is 19.8. The average molecular weight is 359 g/mol. The van der Waals surface area contributed by atoms with Crippen molar-refractivity contribution in [3.63, 3.8) is 0 Å². The fourth-order valence-corrected chi connectivity index (χ4v) is 3.18. The van der Waals surface area contributed by atoms with Crippen LogP contribution in [0.15, 0.2) is 79.1 Å². The SMILES string of the molecule is O=C(Cc1cn(Cc2ccc(F)cc2)c2ccccc12)Nc1ccccn1. The molecule has 0 aliphatic heterocycles. The maximum absolute atomic E-state index is 13.1. The van der Waals surface area contributed by atoms with Gasteiger partial charge < -0.3 is 9.88 Å². The molecular formula is C22H18FN3O. The summed E-state index contributed by atoms with van der Waals surface area (Å²) in [5, 5.41) is 3.86. The van der Waals surface area contributed by atoms with Crippen molar-refractivity contribution in [3.8, 4) is 0 Å². The first-order chi connectivity index (χ1) is 13.2. The second kappa shape index (κ2) is 7.41. The maximum Gasteiger partial charge on any atom is 0.230 e. The molecule has 0 fully saturated rings. The van der Waals surface area contributed by atoms with Crippen LogP contribution in [0.2, 0.25) is 0 Å². The lowest BCUT2D eigenvalue weighted by Gasteiger charge is -2.05. The van der Waals surface area contributed by atoms with E-state index in [1.54, 1.807) is 30.5 Å². The molecule has 0 radical (unpaired) electrons. The molecule has 1 amide bonds. The van der Waals surface area contributed by atoms with Crippen molar-refractivity contribution in [1.29, 1.82) is 0 Å². The number of nitrogens with one attached hydrogen (secondary N) is 1. The lowest BCUT2D eigenvalue weighted by molar-refractivity contribution is -0.115. The Balaban J connectivity index is 1.59. The van der Waals surface area contributed by atoms with E-state index in [0.717, 1.165) is 22.0 Å². The normalized spacial score (nSPS) is 10.9. The van der Waals surface area contributed by atoms with Crippen LogP contribution < -0.4 is 5.32 Å². The first-order valence-electron chi connectivity index (χ1n) is 8.71. The van der Waals surface area contributed by atoms with E-state index in [1.807, 2.05) is 36.5 Å². The Bertz CT molecular complexity index is 1070. The summed E-state index contributed by atoms with van der Waals surface area (Å²) in [5.41, 5.74) is 2.99. The van der Waals surface area contributed by atoms with Gasteiger partial charge in [0.05, 0.1) is 6.42 Å². The number of carbonyl (C=O) groups is 1. The third-order valence-electron chi connectivity index (χ3n) is 4.42. The molecule has 1 N–H and O–H groups in total. The van der Waals surface area contributed by atoms with E-state index in [0.29, 0.717) is 12.4 Å². The van der Waals surface area contributed by atoms with Gasteiger partial charge in [-0.3, -0.25) is 4.79 Å². The van der Waals surface area contributed by atoms with Gasteiger partial charge in [0.2, 0.25) is 5.91 Å². The third kappa shape index (κ3) is 3.87. The summed E-state index contributed by atoms with van der Waals surface area (Å²) in [6.45, 7) is 0.614. The topological polar surface area (TPSA) is 46.9 Å². The molecule has 0 saturated heterocycles. The Morgan fingerprint density at radius 2 is 1.78 bits per heavy atom. The zero-order chi connectivity index (χ0) is 18.6. The highest BCUT2D eigenvalue weighted by Gasteiger charge is 2.12. The molecule has 0 unspecified atom stereocenters. The number of fused-ring (bicyclic) bond motifs is 1. The predicted molar refractivity (Wildman–Crippen MR) is 104 cm³/mol. The molecule has 0 aliphatic rings. The third-order valence-corrected chi connectivity index (χ3v) is 4.42. The fraction of sp³-hybridized carbons (Fsp3) is 0.0909. The quantitative estimate of drug-likeness (QED) is 0.574. The van der Waals surface area contributed by atoms with Gasteiger partial charge in [0.15, 0.2) is 0 Å². The Morgan fingerprint density at radius 1 is 1.00 bits per heavy atom. The van der Waals surface area contributed by atoms with Crippen molar-refractivity contribution in [2.75, 3.05) is 5.32 Å². The van der Waals surface area contributed by atoms with Gasteiger partial charge in [0.25, 0.3) is 0 Å². The minimum Gasteiger partial charge on any atom is -0.343 e. The van der Waals surface area contributed by atoms with Crippen molar-refractivity contribution >= 4 is 22.6 Å². The van der Waals surface area contributed by atoms with Gasteiger partial charge in [0, 0.05) is 29.8 Å². The predicted octanol–water partition coefficient (Wildman–Crippen LogP) is 4.40. The molecular weight excluding hydrogens is 341 g/mol. The highest BCUT2D eigenvalue weighted by Crippen LogP contribution is 2.23. The summed E-state index contributed by atoms with van der Waals surface area (Å²) >= 11 is 0. The molecule has 2 heterocycles. The summed E-state index contributed by atoms with van der Waals surface area (Å²) in [5.74, 6) is 0.180. The van der Waals surface area contributed by atoms with E-state index >= 15 is 0 Å². The first-order valence-corrected chi connectivity index (χ1v) is 8.71. The summed E-state index contributed by atoms with van der Waals surface area (Å²) in [7, 11) is 0. The highest BCUT2D eigenvalue weighted by atomic mass is 19.1. The standard InChI is InChI=1S/C22H18FN3O/c23-18-10-8-16(9-11-18)14-26-15-17(19-5-1-2-6-20(19)26)13-22(27)25-21-7-3-4-12-24-21/h1-12,15H,13-14H2,(H,24,25,27). The van der Waals surface area contributed by atoms with E-state index in [-0.39, 0.29) is 18.1 Å². The smallest absolute Gasteiger partial charge is 0.230 e. The number of pyridine rings is 1. The van der Waals surface area contributed by atoms with E-state index in [9.17, 15) is 9.18 Å². The van der Waals surface area contributed by atoms with Crippen LogP contribution in [0.4, 0.5) is 10.2 Å². The number of aromatic nitrogens is 2. The minimum absolute atomic E-state index is 0.113. The molecule has 0 atom stereocenters. The number of anilines is 1. The number of hydrogen-bond acceptors (Lipinski definition) is 2. The van der Waals surface area contributed by atoms with Crippen molar-refractivity contribution < 1.29 is 9.18 Å². The van der Waals surface area contributed by atoms with Crippen LogP contribution in [0.3, 0.4) is 0 Å². The monoisotopic (exact) mass is 359 g/mol. The molecule has 4 aromatic rings. The van der Waals surface area contributed by atoms with Crippen LogP contribution in [0, 0.1) is 5.82 Å². The van der Waals surface area contributed by atoms with Gasteiger partial charge in [-0.2, -0.15) is 0 Å². The number of benzene rings is 2. The van der Waals surface area contributed by atoms with Gasteiger partial charge in [-0.05, 0) is 41.5 Å². The Labute approximate surface area is 156 Å². The Kier molecular flexibility index (Phi) is 4.66. The van der Waals surface area contributed by atoms with Crippen LogP contribution in [0.25, 0.3) is 10.9 Å². The van der Waals surface area contributed by atoms with Crippen LogP contribution in [0.1, 0.15) is 11.1 Å². The number of carbonyl (C=O) groups excluding carboxylic acids is 1. The fourth-order valence-electron chi connectivity index (χ4n) is 3.18. The average Bonchev–Trinajstić information content (AvgIpc) is 3.02. The summed E-state index contributed by atoms with van der Waals surface area (Å²) in [6.07, 6.45) is 3.89. The van der Waals surface area contributed by atoms with Crippen molar-refractivity contribution in [1.82, 2.24) is 9.55 Å². The number of rotatable bonds is 5. The Hall–Kier alpha value is -3.47. The van der Waals surface area contributed by atoms with E-state index in [4.69, 9.17) is 0 Å². The van der Waals surface area contributed by atoms with Crippen LogP contribution in [-0.2, 0) is 17.8 Å². The van der Waals surface area contributed by atoms with Crippen LogP contribution in [0.5, 0.6) is 0 Å². The number of amides is 1. The molecule has 0 aliphatic carbocycles. The zero-order valence-corrected chi connectivity index (χ0v) is 14.6. The van der Waals surface area contributed by atoms with Gasteiger partial charge in [-0.25, -0.2) is 9.37 Å². The summed E-state index contributed by atoms with van der Waals surface area (Å²) in [4.78, 5) is 16.6. The molecule has 134 valence electrons. The number of hydrogen-bond donors (Lipinski definition) is 1. The molecule has 27 heavy (non-hydrogen) atoms. The molecule has 0 bridgehead atoms. The van der Waals surface area contributed by atoms with Crippen molar-refractivity contribution in [2.45, 2.75) is 13.0 Å². The lowest BCUT2D eigenvalue weighted by Crippen LogP contribution is -2.15. The minimum atomic E-state index is -0.247. The highest BCUT2D eigenvalue weighted by molar-refractivity contribution is 5.95. The molecule has 2 aromatic carbocycles. The molecule has 5 heteroatoms. The molecule has 2 aromatic heterocycles. The van der Waals surface area contributed by atoms with Gasteiger partial charge >= 0.3 is 0 Å². The van der Waals surface area contributed by atoms with Gasteiger partial charge in [-0.15, -0.1) is 0 Å². The summed E-state index contributed by atoms with van der Waals surface area (Å²) < 4.78 is 15.2. The molecule has 4 rings (SSSR count). The number of para-hydroxylation sites is 1. The van der Waals surface area contributed by atoms with E-state index in [2.05, 4.69) is 14.9 Å². The zero-order valence-electron chi connectivity index (χ0n) is 14.6. The van der Waals surface area contributed by atoms with Gasteiger partial charge in [0.1, 0.15) is 11.6 Å². The molecule has 0 spiro atoms. The molecule has 0 saturated carbocycles. The van der Waals surface area contributed by atoms with Crippen molar-refractivity contribution in [3.05, 3.63) is 96.1 Å². The second-order valence-electron chi connectivity index (χ2n) is 6.37.